The van der Waals surface area contributed by atoms with E-state index in [4.69, 9.17) is 4.74 Å². The number of carbonyl (C=O) groups is 1. The normalized spacial score (nSPS) is 18.5. The third-order valence-electron chi connectivity index (χ3n) is 9.11. The molecule has 0 radical (unpaired) electrons. The Morgan fingerprint density at radius 3 is 2.35 bits per heavy atom. The van der Waals surface area contributed by atoms with Crippen molar-refractivity contribution in [2.45, 2.75) is 36.7 Å². The summed E-state index contributed by atoms with van der Waals surface area (Å²) in [5.41, 5.74) is 0.173. The molecule has 2 atom stereocenters. The molecule has 2 aliphatic rings. The lowest BCUT2D eigenvalue weighted by Crippen LogP contribution is -2.51. The summed E-state index contributed by atoms with van der Waals surface area (Å²) < 4.78 is 35.2. The number of nitrogens with zero attached hydrogens (tertiary/aromatic N) is 6. The molecule has 2 fully saturated rings. The van der Waals surface area contributed by atoms with Crippen LogP contribution in [0, 0.1) is 11.3 Å². The van der Waals surface area contributed by atoms with Crippen LogP contribution in [0.3, 0.4) is 0 Å². The smallest absolute Gasteiger partial charge is 0.344 e. The highest BCUT2D eigenvalue weighted by molar-refractivity contribution is 7.90. The maximum Gasteiger partial charge on any atom is 0.344 e. The molecule has 46 heavy (non-hydrogen) atoms. The van der Waals surface area contributed by atoms with Crippen LogP contribution in [0.2, 0.25) is 0 Å². The Bertz CT molecular complexity index is 1920. The molecule has 0 spiro atoms. The molecule has 3 heterocycles. The van der Waals surface area contributed by atoms with Gasteiger partial charge in [0.25, 0.3) is 15.9 Å². The maximum atomic E-state index is 14.6. The second-order valence-corrected chi connectivity index (χ2v) is 13.6. The lowest BCUT2D eigenvalue weighted by molar-refractivity contribution is -0.132. The van der Waals surface area contributed by atoms with Gasteiger partial charge in [-0.15, -0.1) is 0 Å². The van der Waals surface area contributed by atoms with E-state index in [9.17, 15) is 23.3 Å². The van der Waals surface area contributed by atoms with Crippen molar-refractivity contribution in [1.29, 1.82) is 5.26 Å². The third kappa shape index (κ3) is 5.82. The lowest BCUT2D eigenvalue weighted by atomic mass is 10.0. The van der Waals surface area contributed by atoms with Gasteiger partial charge >= 0.3 is 5.69 Å². The van der Waals surface area contributed by atoms with Crippen LogP contribution >= 0.6 is 0 Å². The number of fused-ring (bicyclic) bond motifs is 1. The van der Waals surface area contributed by atoms with Crippen LogP contribution in [-0.4, -0.2) is 96.5 Å². The molecule has 1 aromatic heterocycles. The van der Waals surface area contributed by atoms with E-state index in [-0.39, 0.29) is 33.4 Å². The van der Waals surface area contributed by atoms with E-state index in [0.29, 0.717) is 24.4 Å². The number of amides is 1. The van der Waals surface area contributed by atoms with Gasteiger partial charge in [-0.05, 0) is 67.4 Å². The number of hydrogen-bond acceptors (Lipinski definition) is 8. The van der Waals surface area contributed by atoms with Gasteiger partial charge in [0.2, 0.25) is 0 Å². The molecular formula is C34H38N6O5S. The molecule has 0 saturated carbocycles. The molecule has 0 bridgehead atoms. The van der Waals surface area contributed by atoms with Crippen LogP contribution in [0.5, 0.6) is 5.75 Å². The number of benzene rings is 3. The van der Waals surface area contributed by atoms with Gasteiger partial charge in [0.1, 0.15) is 11.8 Å². The third-order valence-corrected chi connectivity index (χ3v) is 10.8. The second kappa shape index (κ2) is 13.1. The molecule has 4 aromatic rings. The van der Waals surface area contributed by atoms with Crippen LogP contribution in [0.1, 0.15) is 36.9 Å². The number of imidazole rings is 1. The van der Waals surface area contributed by atoms with E-state index >= 15 is 0 Å². The SMILES string of the molecule is CCCN1CCN([C@H]2CCN(C(=O)C(c3ccccc3)n3c(=O)n(S(=O)(=O)c4ccc(OC)cc4)c4ccc(C#N)cc43)C2)CC1. The highest BCUT2D eigenvalue weighted by Crippen LogP contribution is 2.30. The van der Waals surface area contributed by atoms with Crippen molar-refractivity contribution in [3.63, 3.8) is 0 Å². The number of rotatable bonds is 9. The Kier molecular flexibility index (Phi) is 8.99. The Balaban J connectivity index is 1.42. The fourth-order valence-electron chi connectivity index (χ4n) is 6.72. The van der Waals surface area contributed by atoms with Crippen LogP contribution in [0.25, 0.3) is 11.0 Å². The van der Waals surface area contributed by atoms with Crippen molar-refractivity contribution in [3.05, 3.63) is 94.4 Å². The highest BCUT2D eigenvalue weighted by atomic mass is 32.2. The van der Waals surface area contributed by atoms with Crippen molar-refractivity contribution >= 4 is 27.0 Å². The molecule has 2 aliphatic heterocycles. The average Bonchev–Trinajstić information content (AvgIpc) is 3.69. The number of nitriles is 1. The summed E-state index contributed by atoms with van der Waals surface area (Å²) in [6, 6.07) is 20.2. The fourth-order valence-corrected chi connectivity index (χ4v) is 8.11. The fraction of sp³-hybridized carbons (Fsp3) is 0.382. The Morgan fingerprint density at radius 2 is 1.70 bits per heavy atom. The lowest BCUT2D eigenvalue weighted by Gasteiger charge is -2.38. The molecule has 3 aromatic carbocycles. The van der Waals surface area contributed by atoms with E-state index in [1.165, 1.54) is 54.1 Å². The number of carbonyl (C=O) groups excluding carboxylic acids is 1. The van der Waals surface area contributed by atoms with Crippen molar-refractivity contribution < 1.29 is 17.9 Å². The summed E-state index contributed by atoms with van der Waals surface area (Å²) in [5.74, 6) is 0.178. The van der Waals surface area contributed by atoms with E-state index in [2.05, 4.69) is 22.8 Å². The zero-order chi connectivity index (χ0) is 32.4. The first-order chi connectivity index (χ1) is 22.3. The van der Waals surface area contributed by atoms with Crippen molar-refractivity contribution in [2.24, 2.45) is 0 Å². The number of methoxy groups -OCH3 is 1. The molecule has 0 N–H and O–H groups in total. The zero-order valence-corrected chi connectivity index (χ0v) is 26.9. The Labute approximate surface area is 268 Å². The van der Waals surface area contributed by atoms with E-state index in [0.717, 1.165) is 49.5 Å². The monoisotopic (exact) mass is 642 g/mol. The number of piperazine rings is 1. The molecule has 11 nitrogen and oxygen atoms in total. The molecule has 2 saturated heterocycles. The Morgan fingerprint density at radius 1 is 0.978 bits per heavy atom. The summed E-state index contributed by atoms with van der Waals surface area (Å²) in [5, 5.41) is 9.73. The van der Waals surface area contributed by atoms with Crippen molar-refractivity contribution in [1.82, 2.24) is 23.2 Å². The first kappa shape index (κ1) is 31.5. The number of aromatic nitrogens is 2. The minimum absolute atomic E-state index is 0.0813. The van der Waals surface area contributed by atoms with Crippen LogP contribution < -0.4 is 10.4 Å². The predicted molar refractivity (Wildman–Crippen MR) is 174 cm³/mol. The molecule has 1 unspecified atom stereocenters. The van der Waals surface area contributed by atoms with Crippen LogP contribution in [-0.2, 0) is 14.8 Å². The zero-order valence-electron chi connectivity index (χ0n) is 26.1. The molecule has 0 aliphatic carbocycles. The van der Waals surface area contributed by atoms with Gasteiger partial charge in [-0.1, -0.05) is 37.3 Å². The molecule has 6 rings (SSSR count). The van der Waals surface area contributed by atoms with Gasteiger partial charge in [0, 0.05) is 45.3 Å². The van der Waals surface area contributed by atoms with Crippen molar-refractivity contribution in [2.75, 3.05) is 52.9 Å². The van der Waals surface area contributed by atoms with Gasteiger partial charge in [-0.3, -0.25) is 14.3 Å². The van der Waals surface area contributed by atoms with E-state index in [1.54, 1.807) is 29.2 Å². The number of likely N-dealkylation sites (tertiary alicyclic amines) is 1. The van der Waals surface area contributed by atoms with Gasteiger partial charge < -0.3 is 14.5 Å². The predicted octanol–water partition coefficient (Wildman–Crippen LogP) is 3.14. The molecule has 240 valence electrons. The quantitative estimate of drug-likeness (QED) is 0.273. The minimum atomic E-state index is -4.40. The molecule has 12 heteroatoms. The molecular weight excluding hydrogens is 604 g/mol. The molecule has 1 amide bonds. The average molecular weight is 643 g/mol. The topological polar surface area (TPSA) is 121 Å². The number of hydrogen-bond donors (Lipinski definition) is 0. The standard InChI is InChI=1S/C34H38N6O5S/c1-3-16-36-18-20-37(21-19-36)27-15-17-38(24-27)33(41)32(26-7-5-4-6-8-26)39-31-22-25(23-35)9-14-30(31)40(34(39)42)46(43,44)29-12-10-28(45-2)11-13-29/h4-14,22,27,32H,3,15-21,24H2,1-2H3/t27-,32?/m0/s1. The van der Waals surface area contributed by atoms with Crippen molar-refractivity contribution in [3.8, 4) is 11.8 Å². The summed E-state index contributed by atoms with van der Waals surface area (Å²) in [6.45, 7) is 8.23. The van der Waals surface area contributed by atoms with Crippen LogP contribution in [0.15, 0.2) is 82.5 Å². The summed E-state index contributed by atoms with van der Waals surface area (Å²) in [4.78, 5) is 35.6. The first-order valence-corrected chi connectivity index (χ1v) is 17.1. The largest absolute Gasteiger partial charge is 0.497 e. The maximum absolute atomic E-state index is 14.6. The summed E-state index contributed by atoms with van der Waals surface area (Å²) in [7, 11) is -2.93. The highest BCUT2D eigenvalue weighted by Gasteiger charge is 2.38. The van der Waals surface area contributed by atoms with Gasteiger partial charge in [0.15, 0.2) is 0 Å². The van der Waals surface area contributed by atoms with E-state index in [1.807, 2.05) is 6.07 Å². The van der Waals surface area contributed by atoms with Gasteiger partial charge in [-0.25, -0.2) is 13.2 Å². The summed E-state index contributed by atoms with van der Waals surface area (Å²) in [6.07, 6.45) is 1.95. The minimum Gasteiger partial charge on any atom is -0.497 e. The van der Waals surface area contributed by atoms with Gasteiger partial charge in [0.05, 0.1) is 34.7 Å². The Hall–Kier alpha value is -4.44. The second-order valence-electron chi connectivity index (χ2n) is 11.8. The first-order valence-electron chi connectivity index (χ1n) is 15.6. The van der Waals surface area contributed by atoms with E-state index < -0.39 is 21.8 Å². The number of ether oxygens (including phenoxy) is 1. The summed E-state index contributed by atoms with van der Waals surface area (Å²) >= 11 is 0. The van der Waals surface area contributed by atoms with Crippen LogP contribution in [0.4, 0.5) is 0 Å². The van der Waals surface area contributed by atoms with Gasteiger partial charge in [-0.2, -0.15) is 9.23 Å².